The van der Waals surface area contributed by atoms with E-state index in [2.05, 4.69) is 4.98 Å². The summed E-state index contributed by atoms with van der Waals surface area (Å²) in [7, 11) is 1.77. The van der Waals surface area contributed by atoms with E-state index < -0.39 is 24.7 Å². The van der Waals surface area contributed by atoms with Gasteiger partial charge in [-0.1, -0.05) is 6.07 Å². The minimum Gasteiger partial charge on any atom is -0.332 e. The van der Waals surface area contributed by atoms with E-state index in [1.165, 1.54) is 0 Å². The number of imidazole rings is 1. The van der Waals surface area contributed by atoms with Gasteiger partial charge in [0.25, 0.3) is 0 Å². The lowest BCUT2D eigenvalue weighted by molar-refractivity contribution is -0.159. The fourth-order valence-corrected chi connectivity index (χ4v) is 3.21. The van der Waals surface area contributed by atoms with Gasteiger partial charge in [-0.15, -0.1) is 0 Å². The molecule has 1 saturated heterocycles. The molecule has 3 rings (SSSR count). The first kappa shape index (κ1) is 16.8. The van der Waals surface area contributed by atoms with Gasteiger partial charge in [-0.2, -0.15) is 13.2 Å². The Balaban J connectivity index is 1.74. The molecule has 1 aliphatic heterocycles. The highest BCUT2D eigenvalue weighted by Crippen LogP contribution is 2.24. The van der Waals surface area contributed by atoms with Gasteiger partial charge in [0, 0.05) is 19.3 Å². The fourth-order valence-electron chi connectivity index (χ4n) is 3.21. The number of hydrogen-bond donors (Lipinski definition) is 0. The summed E-state index contributed by atoms with van der Waals surface area (Å²) in [6, 6.07) is 5.15. The molecule has 1 atom stereocenters. The molecule has 0 spiro atoms. The predicted octanol–water partition coefficient (Wildman–Crippen LogP) is 2.24. The summed E-state index contributed by atoms with van der Waals surface area (Å²) in [5.74, 6) is -0.457. The second-order valence-corrected chi connectivity index (χ2v) is 6.17. The number of alkyl halides is 3. The third kappa shape index (κ3) is 3.24. The molecule has 3 heterocycles. The highest BCUT2D eigenvalue weighted by atomic mass is 19.4. The first-order chi connectivity index (χ1) is 11.3. The van der Waals surface area contributed by atoms with Crippen molar-refractivity contribution < 1.29 is 18.0 Å². The lowest BCUT2D eigenvalue weighted by atomic mass is 10.2. The SMILES string of the molecule is Cc1nc2ccccn2c1CN(C)C1CCN(CC(F)(F)F)C1=O. The number of carbonyl (C=O) groups excluding carboxylic acids is 1. The molecule has 1 amide bonds. The highest BCUT2D eigenvalue weighted by Gasteiger charge is 2.40. The molecule has 1 unspecified atom stereocenters. The van der Waals surface area contributed by atoms with Gasteiger partial charge in [-0.05, 0) is 32.5 Å². The van der Waals surface area contributed by atoms with Crippen LogP contribution in [-0.2, 0) is 11.3 Å². The molecular formula is C16H19F3N4O. The summed E-state index contributed by atoms with van der Waals surface area (Å²) >= 11 is 0. The average molecular weight is 340 g/mol. The Kier molecular flexibility index (Phi) is 4.25. The molecule has 1 aliphatic rings. The topological polar surface area (TPSA) is 40.9 Å². The van der Waals surface area contributed by atoms with Crippen molar-refractivity contribution in [2.24, 2.45) is 0 Å². The van der Waals surface area contributed by atoms with Crippen LogP contribution >= 0.6 is 0 Å². The predicted molar refractivity (Wildman–Crippen MR) is 82.4 cm³/mol. The molecule has 0 saturated carbocycles. The largest absolute Gasteiger partial charge is 0.406 e. The van der Waals surface area contributed by atoms with E-state index in [0.717, 1.165) is 21.9 Å². The standard InChI is InChI=1S/C16H19F3N4O/c1-11-13(23-7-4-3-5-14(23)20-11)9-21(2)12-6-8-22(15(12)24)10-16(17,18)19/h3-5,7,12H,6,8-10H2,1-2H3. The number of halogens is 3. The lowest BCUT2D eigenvalue weighted by Gasteiger charge is -2.24. The Bertz CT molecular complexity index is 755. The summed E-state index contributed by atoms with van der Waals surface area (Å²) in [5.41, 5.74) is 2.61. The van der Waals surface area contributed by atoms with Crippen LogP contribution < -0.4 is 0 Å². The summed E-state index contributed by atoms with van der Waals surface area (Å²) in [6.07, 6.45) is -2.06. The maximum absolute atomic E-state index is 12.5. The van der Waals surface area contributed by atoms with Gasteiger partial charge in [-0.25, -0.2) is 4.98 Å². The summed E-state index contributed by atoms with van der Waals surface area (Å²) in [4.78, 5) is 19.4. The first-order valence-electron chi connectivity index (χ1n) is 7.74. The van der Waals surface area contributed by atoms with Gasteiger partial charge in [0.15, 0.2) is 0 Å². The van der Waals surface area contributed by atoms with Crippen LogP contribution in [0.1, 0.15) is 17.8 Å². The molecule has 0 N–H and O–H groups in total. The summed E-state index contributed by atoms with van der Waals surface area (Å²) < 4.78 is 39.5. The number of fused-ring (bicyclic) bond motifs is 1. The third-order valence-electron chi connectivity index (χ3n) is 4.40. The Hall–Kier alpha value is -2.09. The molecule has 1 fully saturated rings. The number of carbonyl (C=O) groups is 1. The Morgan fingerprint density at radius 3 is 2.83 bits per heavy atom. The van der Waals surface area contributed by atoms with E-state index in [9.17, 15) is 18.0 Å². The highest BCUT2D eigenvalue weighted by molar-refractivity contribution is 5.84. The molecule has 2 aromatic heterocycles. The normalized spacial score (nSPS) is 19.0. The van der Waals surface area contributed by atoms with Gasteiger partial charge < -0.3 is 9.30 Å². The first-order valence-corrected chi connectivity index (χ1v) is 7.74. The molecule has 0 radical (unpaired) electrons. The van der Waals surface area contributed by atoms with Crippen LogP contribution in [0.3, 0.4) is 0 Å². The zero-order chi connectivity index (χ0) is 17.5. The van der Waals surface area contributed by atoms with Crippen LogP contribution in [-0.4, -0.2) is 57.4 Å². The zero-order valence-electron chi connectivity index (χ0n) is 13.5. The van der Waals surface area contributed by atoms with Crippen molar-refractivity contribution in [1.29, 1.82) is 0 Å². The van der Waals surface area contributed by atoms with Crippen molar-refractivity contribution in [3.8, 4) is 0 Å². The molecule has 5 nitrogen and oxygen atoms in total. The van der Waals surface area contributed by atoms with Gasteiger partial charge in [0.2, 0.25) is 5.91 Å². The number of likely N-dealkylation sites (N-methyl/N-ethyl adjacent to an activating group) is 1. The lowest BCUT2D eigenvalue weighted by Crippen LogP contribution is -2.42. The molecule has 0 aromatic carbocycles. The van der Waals surface area contributed by atoms with Crippen LogP contribution in [0.5, 0.6) is 0 Å². The van der Waals surface area contributed by atoms with E-state index in [1.54, 1.807) is 7.05 Å². The smallest absolute Gasteiger partial charge is 0.332 e. The van der Waals surface area contributed by atoms with Crippen LogP contribution in [0.4, 0.5) is 13.2 Å². The van der Waals surface area contributed by atoms with Crippen molar-refractivity contribution in [2.45, 2.75) is 32.1 Å². The van der Waals surface area contributed by atoms with E-state index >= 15 is 0 Å². The molecule has 8 heteroatoms. The Morgan fingerprint density at radius 2 is 2.12 bits per heavy atom. The molecular weight excluding hydrogens is 321 g/mol. The number of likely N-dealkylation sites (tertiary alicyclic amines) is 1. The minimum absolute atomic E-state index is 0.138. The van der Waals surface area contributed by atoms with Gasteiger partial charge >= 0.3 is 6.18 Å². The van der Waals surface area contributed by atoms with Gasteiger partial charge in [-0.3, -0.25) is 9.69 Å². The number of nitrogens with zero attached hydrogens (tertiary/aromatic N) is 4. The molecule has 0 bridgehead atoms. The van der Waals surface area contributed by atoms with Crippen LogP contribution in [0.2, 0.25) is 0 Å². The van der Waals surface area contributed by atoms with Crippen molar-refractivity contribution in [3.63, 3.8) is 0 Å². The zero-order valence-corrected chi connectivity index (χ0v) is 13.5. The molecule has 130 valence electrons. The maximum atomic E-state index is 12.5. The van der Waals surface area contributed by atoms with E-state index in [-0.39, 0.29) is 6.54 Å². The van der Waals surface area contributed by atoms with E-state index in [1.807, 2.05) is 40.6 Å². The third-order valence-corrected chi connectivity index (χ3v) is 4.40. The molecule has 24 heavy (non-hydrogen) atoms. The quantitative estimate of drug-likeness (QED) is 0.857. The molecule has 0 aliphatic carbocycles. The van der Waals surface area contributed by atoms with Crippen molar-refractivity contribution in [2.75, 3.05) is 20.1 Å². The minimum atomic E-state index is -4.36. The average Bonchev–Trinajstić information content (AvgIpc) is 2.99. The number of aryl methyl sites for hydroxylation is 1. The number of rotatable bonds is 4. The second-order valence-electron chi connectivity index (χ2n) is 6.17. The number of pyridine rings is 1. The maximum Gasteiger partial charge on any atom is 0.406 e. The van der Waals surface area contributed by atoms with Crippen LogP contribution in [0, 0.1) is 6.92 Å². The van der Waals surface area contributed by atoms with Crippen molar-refractivity contribution >= 4 is 11.6 Å². The Labute approximate surface area is 137 Å². The van der Waals surface area contributed by atoms with Gasteiger partial charge in [0.05, 0.1) is 17.4 Å². The summed E-state index contributed by atoms with van der Waals surface area (Å²) in [6.45, 7) is 1.31. The Morgan fingerprint density at radius 1 is 1.38 bits per heavy atom. The molecule has 2 aromatic rings. The van der Waals surface area contributed by atoms with Gasteiger partial charge in [0.1, 0.15) is 12.2 Å². The van der Waals surface area contributed by atoms with E-state index in [0.29, 0.717) is 13.0 Å². The number of amides is 1. The van der Waals surface area contributed by atoms with E-state index in [4.69, 9.17) is 0 Å². The number of hydrogen-bond acceptors (Lipinski definition) is 3. The van der Waals surface area contributed by atoms with Crippen LogP contribution in [0.25, 0.3) is 5.65 Å². The van der Waals surface area contributed by atoms with Crippen LogP contribution in [0.15, 0.2) is 24.4 Å². The summed E-state index contributed by atoms with van der Waals surface area (Å²) in [5, 5.41) is 0. The fraction of sp³-hybridized carbons (Fsp3) is 0.500. The van der Waals surface area contributed by atoms with Crippen molar-refractivity contribution in [1.82, 2.24) is 19.2 Å². The van der Waals surface area contributed by atoms with Crippen molar-refractivity contribution in [3.05, 3.63) is 35.8 Å². The monoisotopic (exact) mass is 340 g/mol. The second kappa shape index (κ2) is 6.08. The number of aromatic nitrogens is 2.